The summed E-state index contributed by atoms with van der Waals surface area (Å²) < 4.78 is 0. The molecule has 2 saturated carbocycles. The number of hydrogen-bond acceptors (Lipinski definition) is 3. The van der Waals surface area contributed by atoms with Gasteiger partial charge in [-0.15, -0.1) is 0 Å². The van der Waals surface area contributed by atoms with Crippen molar-refractivity contribution >= 4 is 23.4 Å². The van der Waals surface area contributed by atoms with Crippen LogP contribution in [0.3, 0.4) is 0 Å². The molecule has 1 heterocycles. The number of nitrogens with zero attached hydrogens (tertiary/aromatic N) is 2. The SMILES string of the molecule is N#CC1(NC(=O)[C@@H]2CCCC[C@H]2C(=O)N2CCc3c(Cl)cccc3C2)CC1. The maximum atomic E-state index is 13.3. The van der Waals surface area contributed by atoms with Gasteiger partial charge in [0.25, 0.3) is 0 Å². The Balaban J connectivity index is 1.48. The molecular weight excluding hydrogens is 362 g/mol. The molecule has 1 N–H and O–H groups in total. The van der Waals surface area contributed by atoms with Gasteiger partial charge in [0.15, 0.2) is 0 Å². The summed E-state index contributed by atoms with van der Waals surface area (Å²) >= 11 is 6.28. The number of rotatable bonds is 3. The van der Waals surface area contributed by atoms with Crippen LogP contribution in [-0.4, -0.2) is 28.8 Å². The molecule has 0 spiro atoms. The molecule has 142 valence electrons. The highest BCUT2D eigenvalue weighted by molar-refractivity contribution is 6.31. The van der Waals surface area contributed by atoms with Crippen LogP contribution in [0.25, 0.3) is 0 Å². The van der Waals surface area contributed by atoms with Gasteiger partial charge in [-0.2, -0.15) is 5.26 Å². The Labute approximate surface area is 164 Å². The van der Waals surface area contributed by atoms with Crippen LogP contribution < -0.4 is 5.32 Å². The molecule has 1 aromatic rings. The Bertz CT molecular complexity index is 812. The molecule has 0 unspecified atom stereocenters. The predicted octanol–water partition coefficient (Wildman–Crippen LogP) is 3.20. The number of nitrogens with one attached hydrogen (secondary N) is 1. The van der Waals surface area contributed by atoms with Gasteiger partial charge in [0.1, 0.15) is 5.54 Å². The second-order valence-corrected chi connectivity index (χ2v) is 8.48. The molecule has 3 aliphatic rings. The quantitative estimate of drug-likeness (QED) is 0.868. The maximum Gasteiger partial charge on any atom is 0.226 e. The zero-order valence-corrected chi connectivity index (χ0v) is 16.1. The molecule has 0 saturated heterocycles. The molecular formula is C21H24ClN3O2. The second-order valence-electron chi connectivity index (χ2n) is 8.07. The number of benzene rings is 1. The third-order valence-corrected chi connectivity index (χ3v) is 6.62. The van der Waals surface area contributed by atoms with E-state index < -0.39 is 5.54 Å². The fourth-order valence-electron chi connectivity index (χ4n) is 4.44. The smallest absolute Gasteiger partial charge is 0.226 e. The summed E-state index contributed by atoms with van der Waals surface area (Å²) in [6, 6.07) is 8.04. The highest BCUT2D eigenvalue weighted by Gasteiger charge is 2.47. The van der Waals surface area contributed by atoms with E-state index >= 15 is 0 Å². The summed E-state index contributed by atoms with van der Waals surface area (Å²) in [6.07, 6.45) is 5.57. The van der Waals surface area contributed by atoms with Crippen LogP contribution in [0.15, 0.2) is 18.2 Å². The minimum Gasteiger partial charge on any atom is -0.338 e. The van der Waals surface area contributed by atoms with E-state index in [-0.39, 0.29) is 23.7 Å². The fraction of sp³-hybridized carbons (Fsp3) is 0.571. The first-order valence-electron chi connectivity index (χ1n) is 9.81. The lowest BCUT2D eigenvalue weighted by Gasteiger charge is -2.36. The van der Waals surface area contributed by atoms with Crippen molar-refractivity contribution in [3.63, 3.8) is 0 Å². The van der Waals surface area contributed by atoms with Crippen LogP contribution in [0.2, 0.25) is 5.02 Å². The second kappa shape index (κ2) is 7.16. The summed E-state index contributed by atoms with van der Waals surface area (Å²) in [7, 11) is 0. The Hall–Kier alpha value is -2.06. The molecule has 0 bridgehead atoms. The summed E-state index contributed by atoms with van der Waals surface area (Å²) in [5.74, 6) is -0.651. The largest absolute Gasteiger partial charge is 0.338 e. The molecule has 1 aliphatic heterocycles. The summed E-state index contributed by atoms with van der Waals surface area (Å²) in [4.78, 5) is 27.9. The van der Waals surface area contributed by atoms with E-state index in [1.165, 1.54) is 0 Å². The first-order chi connectivity index (χ1) is 13.0. The number of fused-ring (bicyclic) bond motifs is 1. The van der Waals surface area contributed by atoms with E-state index in [2.05, 4.69) is 11.4 Å². The van der Waals surface area contributed by atoms with Crippen LogP contribution >= 0.6 is 11.6 Å². The van der Waals surface area contributed by atoms with E-state index in [1.807, 2.05) is 23.1 Å². The van der Waals surface area contributed by atoms with Crippen molar-refractivity contribution in [2.24, 2.45) is 11.8 Å². The molecule has 2 amide bonds. The van der Waals surface area contributed by atoms with Gasteiger partial charge in [-0.05, 0) is 49.3 Å². The molecule has 4 rings (SSSR count). The lowest BCUT2D eigenvalue weighted by atomic mass is 9.77. The van der Waals surface area contributed by atoms with Crippen molar-refractivity contribution < 1.29 is 9.59 Å². The number of amides is 2. The Kier molecular flexibility index (Phi) is 4.86. The highest BCUT2D eigenvalue weighted by atomic mass is 35.5. The van der Waals surface area contributed by atoms with Gasteiger partial charge < -0.3 is 10.2 Å². The Morgan fingerprint density at radius 2 is 1.96 bits per heavy atom. The van der Waals surface area contributed by atoms with Crippen molar-refractivity contribution in [1.82, 2.24) is 10.2 Å². The molecule has 0 radical (unpaired) electrons. The monoisotopic (exact) mass is 385 g/mol. The zero-order chi connectivity index (χ0) is 19.0. The molecule has 5 nitrogen and oxygen atoms in total. The standard InChI is InChI=1S/C21H24ClN3O2/c22-18-7-3-4-14-12-25(11-8-15(14)18)20(27)17-6-2-1-5-16(17)19(26)24-21(13-23)9-10-21/h3-4,7,16-17H,1-2,5-6,8-12H2,(H,24,26)/t16-,17-/m1/s1. The zero-order valence-electron chi connectivity index (χ0n) is 15.3. The first kappa shape index (κ1) is 18.3. The fourth-order valence-corrected chi connectivity index (χ4v) is 4.73. The van der Waals surface area contributed by atoms with Gasteiger partial charge in [-0.25, -0.2) is 0 Å². The molecule has 27 heavy (non-hydrogen) atoms. The van der Waals surface area contributed by atoms with E-state index in [4.69, 9.17) is 11.6 Å². The van der Waals surface area contributed by atoms with E-state index in [9.17, 15) is 14.9 Å². The van der Waals surface area contributed by atoms with Crippen LogP contribution in [0.5, 0.6) is 0 Å². The van der Waals surface area contributed by atoms with E-state index in [1.54, 1.807) is 0 Å². The van der Waals surface area contributed by atoms with Gasteiger partial charge >= 0.3 is 0 Å². The average molecular weight is 386 g/mol. The van der Waals surface area contributed by atoms with Gasteiger partial charge in [0, 0.05) is 29.9 Å². The van der Waals surface area contributed by atoms with E-state index in [0.29, 0.717) is 25.9 Å². The Morgan fingerprint density at radius 3 is 2.67 bits per heavy atom. The summed E-state index contributed by atoms with van der Waals surface area (Å²) in [5, 5.41) is 12.9. The predicted molar refractivity (Wildman–Crippen MR) is 102 cm³/mol. The average Bonchev–Trinajstić information content (AvgIpc) is 3.47. The van der Waals surface area contributed by atoms with Crippen LogP contribution in [0, 0.1) is 23.2 Å². The van der Waals surface area contributed by atoms with Crippen molar-refractivity contribution in [3.8, 4) is 6.07 Å². The van der Waals surface area contributed by atoms with Gasteiger partial charge in [-0.1, -0.05) is 36.6 Å². The van der Waals surface area contributed by atoms with Gasteiger partial charge in [0.05, 0.1) is 6.07 Å². The Morgan fingerprint density at radius 1 is 1.22 bits per heavy atom. The summed E-state index contributed by atoms with van der Waals surface area (Å²) in [6.45, 7) is 1.20. The number of carbonyl (C=O) groups is 2. The molecule has 6 heteroatoms. The minimum absolute atomic E-state index is 0.0716. The molecule has 0 aromatic heterocycles. The lowest BCUT2D eigenvalue weighted by molar-refractivity contribution is -0.144. The lowest BCUT2D eigenvalue weighted by Crippen LogP contribution is -2.48. The first-order valence-corrected chi connectivity index (χ1v) is 10.2. The number of nitriles is 1. The number of hydrogen-bond donors (Lipinski definition) is 1. The molecule has 2 atom stereocenters. The third-order valence-electron chi connectivity index (χ3n) is 6.27. The highest BCUT2D eigenvalue weighted by Crippen LogP contribution is 2.38. The number of halogens is 1. The van der Waals surface area contributed by atoms with Crippen molar-refractivity contribution in [3.05, 3.63) is 34.3 Å². The van der Waals surface area contributed by atoms with Crippen LogP contribution in [0.4, 0.5) is 0 Å². The van der Waals surface area contributed by atoms with Crippen molar-refractivity contribution in [1.29, 1.82) is 5.26 Å². The summed E-state index contributed by atoms with van der Waals surface area (Å²) in [5.41, 5.74) is 1.55. The number of carbonyl (C=O) groups excluding carboxylic acids is 2. The van der Waals surface area contributed by atoms with Crippen LogP contribution in [0.1, 0.15) is 49.7 Å². The van der Waals surface area contributed by atoms with Crippen molar-refractivity contribution in [2.45, 2.75) is 57.0 Å². The van der Waals surface area contributed by atoms with Crippen molar-refractivity contribution in [2.75, 3.05) is 6.54 Å². The van der Waals surface area contributed by atoms with Gasteiger partial charge in [0.2, 0.25) is 11.8 Å². The van der Waals surface area contributed by atoms with Crippen LogP contribution in [-0.2, 0) is 22.6 Å². The van der Waals surface area contributed by atoms with Gasteiger partial charge in [-0.3, -0.25) is 9.59 Å². The normalized spacial score (nSPS) is 25.9. The minimum atomic E-state index is -0.678. The van der Waals surface area contributed by atoms with E-state index in [0.717, 1.165) is 48.3 Å². The third kappa shape index (κ3) is 3.55. The molecule has 2 fully saturated rings. The maximum absolute atomic E-state index is 13.3. The molecule has 2 aliphatic carbocycles. The molecule has 1 aromatic carbocycles. The topological polar surface area (TPSA) is 73.2 Å².